The summed E-state index contributed by atoms with van der Waals surface area (Å²) in [6, 6.07) is 0. The van der Waals surface area contributed by atoms with Gasteiger partial charge in [-0.2, -0.15) is 0 Å². The van der Waals surface area contributed by atoms with Gasteiger partial charge in [-0.05, 0) is 0 Å². The minimum atomic E-state index is -2.25. The number of aromatic nitrogens is 2. The molecule has 1 N–H and O–H groups in total. The van der Waals surface area contributed by atoms with E-state index in [4.69, 9.17) is 0 Å². The second kappa shape index (κ2) is 4.89. The van der Waals surface area contributed by atoms with Gasteiger partial charge in [-0.15, -0.1) is 0 Å². The molecule has 0 atom stereocenters. The molecule has 0 fully saturated rings. The van der Waals surface area contributed by atoms with Crippen LogP contribution in [0.4, 0.5) is 0 Å². The molecule has 82 valence electrons. The van der Waals surface area contributed by atoms with Crippen LogP contribution in [-0.2, 0) is 4.84 Å². The molecule has 0 saturated heterocycles. The summed E-state index contributed by atoms with van der Waals surface area (Å²) in [6.07, 6.45) is 3.16. The van der Waals surface area contributed by atoms with Crippen molar-refractivity contribution in [1.82, 2.24) is 15.4 Å². The zero-order valence-electron chi connectivity index (χ0n) is 9.37. The van der Waals surface area contributed by atoms with Gasteiger partial charge in [-0.1, -0.05) is 0 Å². The van der Waals surface area contributed by atoms with E-state index in [1.165, 1.54) is 13.2 Å². The van der Waals surface area contributed by atoms with Crippen molar-refractivity contribution in [3.8, 4) is 0 Å². The third-order valence-electron chi connectivity index (χ3n) is 1.81. The quantitative estimate of drug-likeness (QED) is 0.642. The van der Waals surface area contributed by atoms with Gasteiger partial charge in [0, 0.05) is 0 Å². The van der Waals surface area contributed by atoms with Crippen molar-refractivity contribution >= 4 is 28.1 Å². The Morgan fingerprint density at radius 3 is 2.60 bits per heavy atom. The Morgan fingerprint density at radius 1 is 1.40 bits per heavy atom. The summed E-state index contributed by atoms with van der Waals surface area (Å²) in [7, 11) is 1.53. The first kappa shape index (κ1) is 12.4. The Labute approximate surface area is 93.1 Å². The van der Waals surface area contributed by atoms with Gasteiger partial charge in [-0.3, -0.25) is 0 Å². The van der Waals surface area contributed by atoms with Crippen LogP contribution in [0.15, 0.2) is 12.4 Å². The molecular weight excluding hydrogens is 301 g/mol. The number of hydroxylamine groups is 1. The zero-order chi connectivity index (χ0) is 11.5. The van der Waals surface area contributed by atoms with Crippen LogP contribution in [0, 0.1) is 0 Å². The van der Waals surface area contributed by atoms with Gasteiger partial charge < -0.3 is 0 Å². The number of carbonyl (C=O) groups excluding carboxylic acids is 1. The number of carbonyl (C=O) groups is 1. The van der Waals surface area contributed by atoms with Crippen molar-refractivity contribution in [2.45, 2.75) is 14.8 Å². The van der Waals surface area contributed by atoms with E-state index in [1.807, 2.05) is 0 Å². The van der Waals surface area contributed by atoms with E-state index in [0.29, 0.717) is 0 Å². The molecule has 1 heterocycles. The van der Waals surface area contributed by atoms with Crippen LogP contribution in [0.1, 0.15) is 10.5 Å². The number of hydrogen-bond donors (Lipinski definition) is 1. The summed E-state index contributed by atoms with van der Waals surface area (Å²) in [4.78, 5) is 30.9. The molecule has 0 unspecified atom stereocenters. The van der Waals surface area contributed by atoms with E-state index in [9.17, 15) is 4.79 Å². The molecule has 0 radical (unpaired) electrons. The average Bonchev–Trinajstić information content (AvgIpc) is 2.17. The molecule has 0 saturated carbocycles. The second-order valence-corrected chi connectivity index (χ2v) is 18.4. The van der Waals surface area contributed by atoms with Crippen LogP contribution in [0.25, 0.3) is 0 Å². The van der Waals surface area contributed by atoms with Crippen molar-refractivity contribution in [3.05, 3.63) is 18.1 Å². The molecule has 0 aliphatic carbocycles. The molecule has 0 spiro atoms. The normalized spacial score (nSPS) is 11.2. The Balaban J connectivity index is 2.98. The molecule has 1 aromatic heterocycles. The number of nitrogens with zero attached hydrogens (tertiary/aromatic N) is 2. The summed E-state index contributed by atoms with van der Waals surface area (Å²) >= 11 is -2.25. The Kier molecular flexibility index (Phi) is 4.03. The maximum absolute atomic E-state index is 11.4. The fraction of sp³-hybridized carbons (Fsp3) is 0.444. The third-order valence-corrected chi connectivity index (χ3v) is 6.88. The molecule has 0 aromatic carbocycles. The van der Waals surface area contributed by atoms with Gasteiger partial charge in [0.05, 0.1) is 0 Å². The second-order valence-electron chi connectivity index (χ2n) is 4.13. The van der Waals surface area contributed by atoms with Crippen LogP contribution in [0.3, 0.4) is 0 Å². The Hall–Kier alpha value is -0.691. The summed E-state index contributed by atoms with van der Waals surface area (Å²) in [5.74, 6) is -0.498. The topological polar surface area (TPSA) is 64.1 Å². The SMILES string of the molecule is CNOC(=O)c1cnc[c]([Sn]([CH3])([CH3])[CH3])n1. The standard InChI is InChI=1S/C6H6N3O2.3CH3.Sn/c1-7-11-6(10)5-4-8-2-3-9-5;;;;/h2,4,7H,1H3;3*1H3;. The van der Waals surface area contributed by atoms with Gasteiger partial charge in [0.15, 0.2) is 0 Å². The minimum absolute atomic E-state index is 0.258. The average molecular weight is 316 g/mol. The predicted octanol–water partition coefficient (Wildman–Crippen LogP) is 0.313. The molecular formula is C9H15N3O2Sn. The van der Waals surface area contributed by atoms with Crippen LogP contribution in [-0.4, -0.2) is 41.4 Å². The first-order valence-electron chi connectivity index (χ1n) is 4.65. The van der Waals surface area contributed by atoms with E-state index >= 15 is 0 Å². The summed E-state index contributed by atoms with van der Waals surface area (Å²) in [5, 5.41) is 0. The third kappa shape index (κ3) is 3.42. The fourth-order valence-corrected chi connectivity index (χ4v) is 3.59. The van der Waals surface area contributed by atoms with Crippen LogP contribution >= 0.6 is 0 Å². The van der Waals surface area contributed by atoms with Crippen LogP contribution in [0.2, 0.25) is 14.8 Å². The number of nitrogens with one attached hydrogen (secondary N) is 1. The van der Waals surface area contributed by atoms with E-state index in [-0.39, 0.29) is 5.69 Å². The molecule has 5 nitrogen and oxygen atoms in total. The van der Waals surface area contributed by atoms with E-state index in [0.717, 1.165) is 3.71 Å². The summed E-state index contributed by atoms with van der Waals surface area (Å²) in [6.45, 7) is 0. The van der Waals surface area contributed by atoms with Crippen LogP contribution < -0.4 is 9.19 Å². The van der Waals surface area contributed by atoms with E-state index < -0.39 is 24.3 Å². The number of hydrogen-bond acceptors (Lipinski definition) is 5. The van der Waals surface area contributed by atoms with Gasteiger partial charge in [-0.25, -0.2) is 0 Å². The van der Waals surface area contributed by atoms with Crippen molar-refractivity contribution in [2.75, 3.05) is 7.05 Å². The molecule has 0 aliphatic heterocycles. The van der Waals surface area contributed by atoms with Crippen LogP contribution in [0.5, 0.6) is 0 Å². The van der Waals surface area contributed by atoms with Gasteiger partial charge >= 0.3 is 93.1 Å². The van der Waals surface area contributed by atoms with Crippen molar-refractivity contribution in [1.29, 1.82) is 0 Å². The monoisotopic (exact) mass is 317 g/mol. The molecule has 1 aromatic rings. The molecule has 15 heavy (non-hydrogen) atoms. The zero-order valence-corrected chi connectivity index (χ0v) is 12.2. The first-order valence-corrected chi connectivity index (χ1v) is 14.6. The molecule has 0 amide bonds. The Bertz CT molecular complexity index is 363. The number of rotatable bonds is 3. The van der Waals surface area contributed by atoms with Crippen molar-refractivity contribution < 1.29 is 9.63 Å². The van der Waals surface area contributed by atoms with Crippen molar-refractivity contribution in [2.24, 2.45) is 0 Å². The first-order chi connectivity index (χ1) is 6.95. The molecule has 0 aliphatic rings. The molecule has 1 rings (SSSR count). The molecule has 0 bridgehead atoms. The summed E-state index contributed by atoms with van der Waals surface area (Å²) in [5.41, 5.74) is 2.58. The van der Waals surface area contributed by atoms with Crippen molar-refractivity contribution in [3.63, 3.8) is 0 Å². The van der Waals surface area contributed by atoms with Gasteiger partial charge in [0.25, 0.3) is 0 Å². The predicted molar refractivity (Wildman–Crippen MR) is 59.5 cm³/mol. The fourth-order valence-electron chi connectivity index (χ4n) is 0.971. The maximum atomic E-state index is 11.4. The Morgan fingerprint density at radius 2 is 2.07 bits per heavy atom. The summed E-state index contributed by atoms with van der Waals surface area (Å²) < 4.78 is 0.967. The van der Waals surface area contributed by atoms with E-state index in [2.05, 4.69) is 35.1 Å². The van der Waals surface area contributed by atoms with E-state index in [1.54, 1.807) is 6.20 Å². The van der Waals surface area contributed by atoms with Gasteiger partial charge in [0.1, 0.15) is 0 Å². The van der Waals surface area contributed by atoms with Gasteiger partial charge in [0.2, 0.25) is 0 Å². The molecule has 6 heteroatoms.